The fraction of sp³-hybridized carbons (Fsp3) is 1.00. The lowest BCUT2D eigenvalue weighted by Gasteiger charge is -2.60. The molecule has 0 heterocycles. The second kappa shape index (κ2) is 4.50. The molecule has 4 fully saturated rings. The molecule has 0 radical (unpaired) electrons. The van der Waals surface area contributed by atoms with Crippen LogP contribution in [-0.4, -0.2) is 0 Å². The van der Waals surface area contributed by atoms with Crippen molar-refractivity contribution in [1.82, 2.24) is 0 Å². The van der Waals surface area contributed by atoms with E-state index in [1.807, 2.05) is 0 Å². The first kappa shape index (κ1) is 13.6. The lowest BCUT2D eigenvalue weighted by Crippen LogP contribution is -2.52. The molecule has 0 amide bonds. The standard InChI is InChI=1S/C20H34/c1-14-7-10-17-16-9-8-15-6-4-5-12-20(15,3)18(16)11-13-19(14,17)2/h14-18H,4-13H2,1-3H3/t14-,15?,16+,17+,18+,19-,20+/m1/s1. The van der Waals surface area contributed by atoms with Crippen LogP contribution in [0.15, 0.2) is 0 Å². The Kier molecular flexibility index (Phi) is 3.07. The number of hydrogen-bond acceptors (Lipinski definition) is 0. The van der Waals surface area contributed by atoms with Crippen LogP contribution in [0.2, 0.25) is 0 Å². The Morgan fingerprint density at radius 1 is 0.700 bits per heavy atom. The van der Waals surface area contributed by atoms with E-state index in [9.17, 15) is 0 Å². The van der Waals surface area contributed by atoms with Gasteiger partial charge in [-0.25, -0.2) is 0 Å². The highest BCUT2D eigenvalue weighted by molar-refractivity contribution is 5.07. The van der Waals surface area contributed by atoms with Crippen molar-refractivity contribution in [2.75, 3.05) is 0 Å². The van der Waals surface area contributed by atoms with E-state index < -0.39 is 0 Å². The van der Waals surface area contributed by atoms with Gasteiger partial charge in [0.1, 0.15) is 0 Å². The molecule has 0 N–H and O–H groups in total. The van der Waals surface area contributed by atoms with Crippen molar-refractivity contribution in [3.63, 3.8) is 0 Å². The molecule has 4 aliphatic rings. The van der Waals surface area contributed by atoms with Gasteiger partial charge in [0.05, 0.1) is 0 Å². The van der Waals surface area contributed by atoms with Crippen LogP contribution in [0.4, 0.5) is 0 Å². The van der Waals surface area contributed by atoms with Crippen LogP contribution in [-0.2, 0) is 0 Å². The Hall–Kier alpha value is 0. The monoisotopic (exact) mass is 274 g/mol. The molecule has 0 heteroatoms. The molecule has 0 bridgehead atoms. The summed E-state index contributed by atoms with van der Waals surface area (Å²) in [6, 6.07) is 0. The maximum absolute atomic E-state index is 2.70. The average molecular weight is 274 g/mol. The normalized spacial score (nSPS) is 58.6. The van der Waals surface area contributed by atoms with Crippen LogP contribution >= 0.6 is 0 Å². The maximum Gasteiger partial charge on any atom is -0.0266 e. The summed E-state index contributed by atoms with van der Waals surface area (Å²) in [6.07, 6.45) is 15.5. The molecule has 0 aromatic heterocycles. The summed E-state index contributed by atoms with van der Waals surface area (Å²) >= 11 is 0. The minimum absolute atomic E-state index is 0.707. The lowest BCUT2D eigenvalue weighted by atomic mass is 9.45. The van der Waals surface area contributed by atoms with Crippen molar-refractivity contribution in [2.24, 2.45) is 40.4 Å². The summed E-state index contributed by atoms with van der Waals surface area (Å²) < 4.78 is 0. The Morgan fingerprint density at radius 2 is 1.50 bits per heavy atom. The van der Waals surface area contributed by atoms with Gasteiger partial charge in [-0.1, -0.05) is 33.6 Å². The quantitative estimate of drug-likeness (QED) is 0.504. The van der Waals surface area contributed by atoms with Crippen LogP contribution in [0.3, 0.4) is 0 Å². The molecule has 0 aromatic carbocycles. The first-order valence-corrected chi connectivity index (χ1v) is 9.56. The van der Waals surface area contributed by atoms with Gasteiger partial charge in [-0.15, -0.1) is 0 Å². The van der Waals surface area contributed by atoms with Crippen LogP contribution in [0.1, 0.15) is 85.0 Å². The van der Waals surface area contributed by atoms with Gasteiger partial charge in [0.25, 0.3) is 0 Å². The molecule has 0 spiro atoms. The van der Waals surface area contributed by atoms with Crippen molar-refractivity contribution >= 4 is 0 Å². The smallest absolute Gasteiger partial charge is 0.0266 e. The zero-order valence-electron chi connectivity index (χ0n) is 14.0. The van der Waals surface area contributed by atoms with Gasteiger partial charge in [0.15, 0.2) is 0 Å². The highest BCUT2D eigenvalue weighted by Crippen LogP contribution is 2.67. The number of rotatable bonds is 0. The first-order valence-electron chi connectivity index (χ1n) is 9.56. The van der Waals surface area contributed by atoms with Crippen LogP contribution in [0, 0.1) is 40.4 Å². The Morgan fingerprint density at radius 3 is 2.35 bits per heavy atom. The van der Waals surface area contributed by atoms with Gasteiger partial charge in [-0.2, -0.15) is 0 Å². The molecule has 0 saturated heterocycles. The minimum Gasteiger partial charge on any atom is -0.0620 e. The van der Waals surface area contributed by atoms with E-state index in [1.165, 1.54) is 19.3 Å². The van der Waals surface area contributed by atoms with Crippen molar-refractivity contribution in [3.8, 4) is 0 Å². The van der Waals surface area contributed by atoms with Crippen molar-refractivity contribution in [2.45, 2.75) is 85.0 Å². The van der Waals surface area contributed by atoms with E-state index in [0.29, 0.717) is 5.41 Å². The number of fused-ring (bicyclic) bond motifs is 5. The zero-order chi connectivity index (χ0) is 14.0. The summed E-state index contributed by atoms with van der Waals surface area (Å²) in [7, 11) is 0. The summed E-state index contributed by atoms with van der Waals surface area (Å²) in [5, 5.41) is 0. The Bertz CT molecular complexity index is 385. The van der Waals surface area contributed by atoms with Gasteiger partial charge < -0.3 is 0 Å². The Balaban J connectivity index is 1.64. The van der Waals surface area contributed by atoms with Crippen molar-refractivity contribution in [1.29, 1.82) is 0 Å². The van der Waals surface area contributed by atoms with E-state index in [4.69, 9.17) is 0 Å². The lowest BCUT2D eigenvalue weighted by molar-refractivity contribution is -0.109. The fourth-order valence-corrected chi connectivity index (χ4v) is 7.56. The van der Waals surface area contributed by atoms with Gasteiger partial charge in [-0.05, 0) is 91.8 Å². The second-order valence-corrected chi connectivity index (χ2v) is 9.43. The minimum atomic E-state index is 0.707. The summed E-state index contributed by atoms with van der Waals surface area (Å²) in [5.74, 6) is 5.34. The van der Waals surface area contributed by atoms with E-state index in [0.717, 1.165) is 35.0 Å². The highest BCUT2D eigenvalue weighted by atomic mass is 14.6. The van der Waals surface area contributed by atoms with Gasteiger partial charge in [-0.3, -0.25) is 0 Å². The molecule has 4 aliphatic carbocycles. The van der Waals surface area contributed by atoms with Gasteiger partial charge in [0, 0.05) is 0 Å². The molecule has 4 rings (SSSR count). The predicted molar refractivity (Wildman–Crippen MR) is 85.5 cm³/mol. The summed E-state index contributed by atoms with van der Waals surface area (Å²) in [4.78, 5) is 0. The topological polar surface area (TPSA) is 0 Å². The number of hydrogen-bond donors (Lipinski definition) is 0. The molecular weight excluding hydrogens is 240 g/mol. The summed E-state index contributed by atoms with van der Waals surface area (Å²) in [6.45, 7) is 7.91. The summed E-state index contributed by atoms with van der Waals surface area (Å²) in [5.41, 5.74) is 1.44. The molecule has 0 aliphatic heterocycles. The third-order valence-corrected chi connectivity index (χ3v) is 9.06. The largest absolute Gasteiger partial charge is 0.0620 e. The third kappa shape index (κ3) is 1.66. The van der Waals surface area contributed by atoms with E-state index in [1.54, 1.807) is 44.9 Å². The maximum atomic E-state index is 2.70. The molecular formula is C20H34. The molecule has 1 unspecified atom stereocenters. The third-order valence-electron chi connectivity index (χ3n) is 9.06. The molecule has 0 nitrogen and oxygen atoms in total. The van der Waals surface area contributed by atoms with Crippen LogP contribution in [0.5, 0.6) is 0 Å². The van der Waals surface area contributed by atoms with Crippen molar-refractivity contribution in [3.05, 3.63) is 0 Å². The highest BCUT2D eigenvalue weighted by Gasteiger charge is 2.58. The predicted octanol–water partition coefficient (Wildman–Crippen LogP) is 6.06. The van der Waals surface area contributed by atoms with Crippen molar-refractivity contribution < 1.29 is 0 Å². The SMILES string of the molecule is C[C@@H]1CC[C@H]2[C@@H]3CCC4CCCC[C@]4(C)[C@H]3CC[C@]12C. The molecule has 7 atom stereocenters. The Labute approximate surface area is 126 Å². The van der Waals surface area contributed by atoms with E-state index in [-0.39, 0.29) is 0 Å². The van der Waals surface area contributed by atoms with Gasteiger partial charge >= 0.3 is 0 Å². The zero-order valence-corrected chi connectivity index (χ0v) is 14.0. The fourth-order valence-electron chi connectivity index (χ4n) is 7.56. The van der Waals surface area contributed by atoms with E-state index >= 15 is 0 Å². The molecule has 20 heavy (non-hydrogen) atoms. The van der Waals surface area contributed by atoms with Crippen LogP contribution in [0.25, 0.3) is 0 Å². The second-order valence-electron chi connectivity index (χ2n) is 9.43. The van der Waals surface area contributed by atoms with E-state index in [2.05, 4.69) is 20.8 Å². The first-order chi connectivity index (χ1) is 9.56. The molecule has 0 aromatic rings. The molecule has 4 saturated carbocycles. The van der Waals surface area contributed by atoms with Crippen LogP contribution < -0.4 is 0 Å². The molecule has 114 valence electrons. The van der Waals surface area contributed by atoms with Gasteiger partial charge in [0.2, 0.25) is 0 Å². The average Bonchev–Trinajstić information content (AvgIpc) is 2.74.